The molecule has 1 heterocycles. The highest BCUT2D eigenvalue weighted by Crippen LogP contribution is 2.40. The summed E-state index contributed by atoms with van der Waals surface area (Å²) in [4.78, 5) is 12.3. The van der Waals surface area contributed by atoms with E-state index in [9.17, 15) is 10.1 Å². The molecule has 0 saturated carbocycles. The number of cyclic esters (lactones) is 1. The zero-order valence-corrected chi connectivity index (χ0v) is 12.2. The third kappa shape index (κ3) is 2.60. The van der Waals surface area contributed by atoms with Crippen LogP contribution in [-0.2, 0) is 22.4 Å². The van der Waals surface area contributed by atoms with Crippen LogP contribution in [0.1, 0.15) is 11.1 Å². The molecule has 0 amide bonds. The van der Waals surface area contributed by atoms with Crippen molar-refractivity contribution in [3.63, 3.8) is 0 Å². The van der Waals surface area contributed by atoms with Crippen LogP contribution in [0.15, 0.2) is 60.7 Å². The summed E-state index contributed by atoms with van der Waals surface area (Å²) in [5, 5.41) is 9.75. The third-order valence-corrected chi connectivity index (χ3v) is 4.33. The van der Waals surface area contributed by atoms with Gasteiger partial charge in [0.05, 0.1) is 12.7 Å². The zero-order chi connectivity index (χ0) is 15.4. The summed E-state index contributed by atoms with van der Waals surface area (Å²) in [7, 11) is 0. The van der Waals surface area contributed by atoms with E-state index in [0.717, 1.165) is 11.1 Å². The van der Waals surface area contributed by atoms with Gasteiger partial charge >= 0.3 is 5.97 Å². The molecule has 2 atom stereocenters. The summed E-state index contributed by atoms with van der Waals surface area (Å²) in [5.41, 5.74) is 1.02. The Bertz CT molecular complexity index is 690. The SMILES string of the molecule is N#C[C@]1(Cc2ccccc2)C(=O)OC[C@@H]1Cc1ccccc1. The molecule has 0 bridgehead atoms. The molecular weight excluding hydrogens is 274 g/mol. The highest BCUT2D eigenvalue weighted by molar-refractivity contribution is 5.83. The molecule has 22 heavy (non-hydrogen) atoms. The first-order valence-electron chi connectivity index (χ1n) is 7.41. The second kappa shape index (κ2) is 6.03. The second-order valence-electron chi connectivity index (χ2n) is 5.73. The van der Waals surface area contributed by atoms with Crippen LogP contribution in [0.5, 0.6) is 0 Å². The summed E-state index contributed by atoms with van der Waals surface area (Å²) < 4.78 is 5.26. The van der Waals surface area contributed by atoms with E-state index in [4.69, 9.17) is 4.74 Å². The molecule has 1 aliphatic rings. The van der Waals surface area contributed by atoms with Crippen molar-refractivity contribution >= 4 is 5.97 Å². The topological polar surface area (TPSA) is 50.1 Å². The lowest BCUT2D eigenvalue weighted by atomic mass is 9.72. The Morgan fingerprint density at radius 2 is 1.64 bits per heavy atom. The van der Waals surface area contributed by atoms with E-state index in [-0.39, 0.29) is 11.9 Å². The molecule has 0 N–H and O–H groups in total. The second-order valence-corrected chi connectivity index (χ2v) is 5.73. The number of rotatable bonds is 4. The van der Waals surface area contributed by atoms with Gasteiger partial charge in [-0.2, -0.15) is 5.26 Å². The standard InChI is InChI=1S/C19H17NO2/c20-14-19(12-16-9-5-2-6-10-16)17(13-22-18(19)21)11-15-7-3-1-4-8-15/h1-10,17H,11-13H2/t17-,19-/m0/s1. The fourth-order valence-electron chi connectivity index (χ4n) is 3.06. The maximum absolute atomic E-state index is 12.3. The van der Waals surface area contributed by atoms with Crippen molar-refractivity contribution in [2.75, 3.05) is 6.61 Å². The minimum atomic E-state index is -1.09. The lowest BCUT2D eigenvalue weighted by molar-refractivity contribution is -0.144. The fourth-order valence-corrected chi connectivity index (χ4v) is 3.06. The van der Waals surface area contributed by atoms with Gasteiger partial charge in [-0.25, -0.2) is 0 Å². The van der Waals surface area contributed by atoms with E-state index in [1.807, 2.05) is 60.7 Å². The molecule has 110 valence electrons. The molecule has 3 heteroatoms. The van der Waals surface area contributed by atoms with Crippen molar-refractivity contribution in [1.29, 1.82) is 5.26 Å². The first-order valence-corrected chi connectivity index (χ1v) is 7.41. The lowest BCUT2D eigenvalue weighted by Gasteiger charge is -2.24. The highest BCUT2D eigenvalue weighted by atomic mass is 16.5. The van der Waals surface area contributed by atoms with Gasteiger partial charge in [-0.1, -0.05) is 60.7 Å². The number of nitriles is 1. The minimum absolute atomic E-state index is 0.118. The van der Waals surface area contributed by atoms with E-state index in [0.29, 0.717) is 19.4 Å². The third-order valence-electron chi connectivity index (χ3n) is 4.33. The summed E-state index contributed by atoms with van der Waals surface area (Å²) in [6, 6.07) is 21.9. The van der Waals surface area contributed by atoms with Gasteiger partial charge in [0, 0.05) is 12.3 Å². The van der Waals surface area contributed by atoms with Crippen LogP contribution in [0.4, 0.5) is 0 Å². The smallest absolute Gasteiger partial charge is 0.327 e. The Morgan fingerprint density at radius 3 is 2.23 bits per heavy atom. The van der Waals surface area contributed by atoms with Crippen molar-refractivity contribution in [1.82, 2.24) is 0 Å². The van der Waals surface area contributed by atoms with Crippen LogP contribution >= 0.6 is 0 Å². The van der Waals surface area contributed by atoms with Gasteiger partial charge in [0.15, 0.2) is 5.41 Å². The number of hydrogen-bond donors (Lipinski definition) is 0. The van der Waals surface area contributed by atoms with E-state index in [1.54, 1.807) is 0 Å². The number of esters is 1. The highest BCUT2D eigenvalue weighted by Gasteiger charge is 2.52. The fraction of sp³-hybridized carbons (Fsp3) is 0.263. The van der Waals surface area contributed by atoms with E-state index in [1.165, 1.54) is 0 Å². The van der Waals surface area contributed by atoms with Crippen molar-refractivity contribution in [2.45, 2.75) is 12.8 Å². The summed E-state index contributed by atoms with van der Waals surface area (Å²) >= 11 is 0. The van der Waals surface area contributed by atoms with Gasteiger partial charge < -0.3 is 4.74 Å². The molecule has 0 radical (unpaired) electrons. The zero-order valence-electron chi connectivity index (χ0n) is 12.2. The van der Waals surface area contributed by atoms with Crippen molar-refractivity contribution < 1.29 is 9.53 Å². The van der Waals surface area contributed by atoms with E-state index >= 15 is 0 Å². The van der Waals surface area contributed by atoms with Crippen molar-refractivity contribution in [3.8, 4) is 6.07 Å². The molecule has 0 unspecified atom stereocenters. The molecular formula is C19H17NO2. The monoisotopic (exact) mass is 291 g/mol. The molecule has 0 spiro atoms. The quantitative estimate of drug-likeness (QED) is 0.813. The minimum Gasteiger partial charge on any atom is -0.464 e. The largest absolute Gasteiger partial charge is 0.464 e. The molecule has 1 fully saturated rings. The molecule has 0 aliphatic carbocycles. The molecule has 1 aliphatic heterocycles. The number of nitrogens with zero attached hydrogens (tertiary/aromatic N) is 1. The van der Waals surface area contributed by atoms with Crippen LogP contribution in [-0.4, -0.2) is 12.6 Å². The predicted molar refractivity (Wildman–Crippen MR) is 82.8 cm³/mol. The Hall–Kier alpha value is -2.60. The van der Waals surface area contributed by atoms with Gasteiger partial charge in [0.2, 0.25) is 0 Å². The van der Waals surface area contributed by atoms with Crippen LogP contribution in [0.2, 0.25) is 0 Å². The summed E-state index contributed by atoms with van der Waals surface area (Å²) in [6.07, 6.45) is 1.08. The number of benzene rings is 2. The van der Waals surface area contributed by atoms with Crippen LogP contribution in [0.3, 0.4) is 0 Å². The van der Waals surface area contributed by atoms with Crippen LogP contribution < -0.4 is 0 Å². The number of ether oxygens (including phenoxy) is 1. The molecule has 3 rings (SSSR count). The average Bonchev–Trinajstić information content (AvgIpc) is 2.86. The lowest BCUT2D eigenvalue weighted by Crippen LogP contribution is -2.35. The first kappa shape index (κ1) is 14.3. The average molecular weight is 291 g/mol. The van der Waals surface area contributed by atoms with Crippen LogP contribution in [0.25, 0.3) is 0 Å². The molecule has 1 saturated heterocycles. The van der Waals surface area contributed by atoms with Gasteiger partial charge in [-0.3, -0.25) is 4.79 Å². The van der Waals surface area contributed by atoms with Crippen LogP contribution in [0, 0.1) is 22.7 Å². The Morgan fingerprint density at radius 1 is 1.05 bits per heavy atom. The van der Waals surface area contributed by atoms with Crippen molar-refractivity contribution in [2.24, 2.45) is 11.3 Å². The van der Waals surface area contributed by atoms with Gasteiger partial charge in [-0.05, 0) is 17.5 Å². The van der Waals surface area contributed by atoms with Gasteiger partial charge in [0.25, 0.3) is 0 Å². The maximum Gasteiger partial charge on any atom is 0.327 e. The van der Waals surface area contributed by atoms with Crippen molar-refractivity contribution in [3.05, 3.63) is 71.8 Å². The Labute approximate surface area is 130 Å². The number of hydrogen-bond acceptors (Lipinski definition) is 3. The van der Waals surface area contributed by atoms with Gasteiger partial charge in [-0.15, -0.1) is 0 Å². The molecule has 3 nitrogen and oxygen atoms in total. The normalized spacial score (nSPS) is 23.8. The molecule has 2 aromatic rings. The van der Waals surface area contributed by atoms with E-state index < -0.39 is 5.41 Å². The Balaban J connectivity index is 1.89. The predicted octanol–water partition coefficient (Wildman–Crippen LogP) is 3.15. The summed E-state index contributed by atoms with van der Waals surface area (Å²) in [6.45, 7) is 0.314. The summed E-state index contributed by atoms with van der Waals surface area (Å²) in [5.74, 6) is -0.507. The van der Waals surface area contributed by atoms with E-state index in [2.05, 4.69) is 6.07 Å². The molecule has 2 aromatic carbocycles. The molecule has 0 aromatic heterocycles. The first-order chi connectivity index (χ1) is 10.7. The van der Waals surface area contributed by atoms with Gasteiger partial charge in [0.1, 0.15) is 0 Å². The maximum atomic E-state index is 12.3. The number of carbonyl (C=O) groups excluding carboxylic acids is 1. The Kier molecular flexibility index (Phi) is 3.93. The number of carbonyl (C=O) groups is 1.